The normalized spacial score (nSPS) is 21.9. The molecule has 0 bridgehead atoms. The lowest BCUT2D eigenvalue weighted by Crippen LogP contribution is -2.55. The van der Waals surface area contributed by atoms with Crippen molar-refractivity contribution in [3.8, 4) is 12.1 Å². The van der Waals surface area contributed by atoms with Crippen LogP contribution in [-0.2, 0) is 19.6 Å². The molecular weight excluding hydrogens is 482 g/mol. The summed E-state index contributed by atoms with van der Waals surface area (Å²) < 4.78 is 6.17. The zero-order chi connectivity index (χ0) is 26.8. The first-order chi connectivity index (χ1) is 18.3. The van der Waals surface area contributed by atoms with Gasteiger partial charge in [-0.15, -0.1) is 0 Å². The maximum absolute atomic E-state index is 11.8. The molecule has 2 atom stereocenters. The van der Waals surface area contributed by atoms with Crippen LogP contribution in [0.15, 0.2) is 18.2 Å². The number of hydrogen-bond acceptors (Lipinski definition) is 8. The summed E-state index contributed by atoms with van der Waals surface area (Å²) in [5.41, 5.74) is 5.93. The van der Waals surface area contributed by atoms with Crippen LogP contribution < -0.4 is 9.64 Å². The third-order valence-electron chi connectivity index (χ3n) is 8.35. The lowest BCUT2D eigenvalue weighted by Gasteiger charge is -2.40. The van der Waals surface area contributed by atoms with Crippen molar-refractivity contribution in [1.82, 2.24) is 24.7 Å². The van der Waals surface area contributed by atoms with Crippen molar-refractivity contribution in [2.75, 3.05) is 44.7 Å². The number of likely N-dealkylation sites (N-methyl/N-ethyl adjacent to an activating group) is 1. The molecule has 5 rings (SSSR count). The number of benzene rings is 1. The zero-order valence-corrected chi connectivity index (χ0v) is 22.6. The first-order valence-corrected chi connectivity index (χ1v) is 13.5. The van der Waals surface area contributed by atoms with Gasteiger partial charge in [-0.1, -0.05) is 18.2 Å². The molecule has 0 saturated carbocycles. The van der Waals surface area contributed by atoms with Crippen molar-refractivity contribution in [2.45, 2.75) is 64.8 Å². The second kappa shape index (κ2) is 11.1. The van der Waals surface area contributed by atoms with Crippen molar-refractivity contribution >= 4 is 11.9 Å². The van der Waals surface area contributed by atoms with Crippen molar-refractivity contribution in [1.29, 1.82) is 5.26 Å². The van der Waals surface area contributed by atoms with E-state index in [-0.39, 0.29) is 6.42 Å². The molecule has 202 valence electrons. The first kappa shape index (κ1) is 26.2. The number of aromatic nitrogens is 2. The minimum atomic E-state index is -0.984. The van der Waals surface area contributed by atoms with Gasteiger partial charge in [0.15, 0.2) is 0 Å². The number of nitrogens with zero attached hydrogens (tertiary/aromatic N) is 7. The second-order valence-corrected chi connectivity index (χ2v) is 10.8. The van der Waals surface area contributed by atoms with E-state index in [1.165, 1.54) is 28.0 Å². The van der Waals surface area contributed by atoms with E-state index in [9.17, 15) is 15.2 Å². The van der Waals surface area contributed by atoms with Crippen LogP contribution in [0.1, 0.15) is 47.2 Å². The topological polar surface area (TPSA) is 109 Å². The van der Waals surface area contributed by atoms with Gasteiger partial charge in [0.05, 0.1) is 24.2 Å². The lowest BCUT2D eigenvalue weighted by molar-refractivity contribution is 0.119. The fraction of sp³-hybridized carbons (Fsp3) is 0.571. The summed E-state index contributed by atoms with van der Waals surface area (Å²) in [6.45, 7) is 9.43. The molecule has 0 radical (unpaired) electrons. The molecular formula is C28H37N7O3. The summed E-state index contributed by atoms with van der Waals surface area (Å²) in [7, 11) is 2.12. The highest BCUT2D eigenvalue weighted by atomic mass is 16.5. The highest BCUT2D eigenvalue weighted by Crippen LogP contribution is 2.34. The average molecular weight is 520 g/mol. The number of anilines is 1. The van der Waals surface area contributed by atoms with E-state index in [2.05, 4.69) is 59.9 Å². The molecule has 1 amide bonds. The molecule has 1 N–H and O–H groups in total. The Morgan fingerprint density at radius 2 is 2.03 bits per heavy atom. The number of ether oxygens (including phenoxy) is 1. The van der Waals surface area contributed by atoms with Crippen molar-refractivity contribution in [3.05, 3.63) is 46.1 Å². The van der Waals surface area contributed by atoms with Crippen LogP contribution in [0.5, 0.6) is 6.01 Å². The van der Waals surface area contributed by atoms with Gasteiger partial charge >= 0.3 is 12.1 Å². The van der Waals surface area contributed by atoms with E-state index in [1.807, 2.05) is 0 Å². The van der Waals surface area contributed by atoms with E-state index >= 15 is 0 Å². The van der Waals surface area contributed by atoms with Crippen molar-refractivity contribution in [2.24, 2.45) is 0 Å². The molecule has 2 fully saturated rings. The van der Waals surface area contributed by atoms with Crippen LogP contribution in [0.4, 0.5) is 10.6 Å². The largest absolute Gasteiger partial charge is 0.465 e. The Balaban J connectivity index is 1.41. The molecule has 10 nitrogen and oxygen atoms in total. The van der Waals surface area contributed by atoms with Gasteiger partial charge in [0, 0.05) is 50.9 Å². The van der Waals surface area contributed by atoms with Crippen molar-refractivity contribution in [3.63, 3.8) is 0 Å². The molecule has 0 spiro atoms. The first-order valence-electron chi connectivity index (χ1n) is 13.5. The van der Waals surface area contributed by atoms with Gasteiger partial charge in [-0.05, 0) is 57.0 Å². The van der Waals surface area contributed by atoms with Gasteiger partial charge in [0.2, 0.25) is 0 Å². The molecule has 4 heterocycles. The Morgan fingerprint density at radius 1 is 1.18 bits per heavy atom. The molecule has 2 aromatic rings. The molecule has 38 heavy (non-hydrogen) atoms. The number of nitriles is 1. The Morgan fingerprint density at radius 3 is 2.76 bits per heavy atom. The van der Waals surface area contributed by atoms with Gasteiger partial charge < -0.3 is 24.5 Å². The number of rotatable bonds is 7. The minimum absolute atomic E-state index is 0.145. The Bertz CT molecular complexity index is 1230. The lowest BCUT2D eigenvalue weighted by atomic mass is 10.0. The van der Waals surface area contributed by atoms with Gasteiger partial charge in [-0.25, -0.2) is 4.79 Å². The molecule has 3 aliphatic heterocycles. The van der Waals surface area contributed by atoms with Crippen LogP contribution in [0, 0.1) is 25.2 Å². The number of fused-ring (bicyclic) bond motifs is 1. The monoisotopic (exact) mass is 519 g/mol. The summed E-state index contributed by atoms with van der Waals surface area (Å²) in [5.74, 6) is 0.807. The highest BCUT2D eigenvalue weighted by molar-refractivity contribution is 5.66. The summed E-state index contributed by atoms with van der Waals surface area (Å²) in [4.78, 5) is 29.7. The maximum atomic E-state index is 11.8. The van der Waals surface area contributed by atoms with Crippen LogP contribution >= 0.6 is 0 Å². The summed E-state index contributed by atoms with van der Waals surface area (Å²) in [6.07, 6.45) is 1.43. The van der Waals surface area contributed by atoms with Gasteiger partial charge in [-0.2, -0.15) is 15.2 Å². The fourth-order valence-electron chi connectivity index (χ4n) is 5.88. The summed E-state index contributed by atoms with van der Waals surface area (Å²) >= 11 is 0. The third-order valence-corrected chi connectivity index (χ3v) is 8.35. The number of amides is 1. The second-order valence-electron chi connectivity index (χ2n) is 10.8. The zero-order valence-electron chi connectivity index (χ0n) is 22.6. The van der Waals surface area contributed by atoms with E-state index in [0.29, 0.717) is 51.4 Å². The molecule has 0 aliphatic carbocycles. The van der Waals surface area contributed by atoms with Crippen LogP contribution in [-0.4, -0.2) is 87.8 Å². The summed E-state index contributed by atoms with van der Waals surface area (Å²) in [5, 5.41) is 19.0. The van der Waals surface area contributed by atoms with E-state index in [1.54, 1.807) is 0 Å². The van der Waals surface area contributed by atoms with Crippen LogP contribution in [0.3, 0.4) is 0 Å². The smallest absolute Gasteiger partial charge is 0.407 e. The molecule has 10 heteroatoms. The van der Waals surface area contributed by atoms with Gasteiger partial charge in [0.1, 0.15) is 12.4 Å². The third kappa shape index (κ3) is 5.40. The molecule has 1 aromatic carbocycles. The highest BCUT2D eigenvalue weighted by Gasteiger charge is 2.35. The summed E-state index contributed by atoms with van der Waals surface area (Å²) in [6, 6.07) is 8.92. The predicted molar refractivity (Wildman–Crippen MR) is 143 cm³/mol. The van der Waals surface area contributed by atoms with Crippen LogP contribution in [0.25, 0.3) is 0 Å². The molecule has 1 aromatic heterocycles. The number of hydrogen-bond donors (Lipinski definition) is 1. The maximum Gasteiger partial charge on any atom is 0.407 e. The van der Waals surface area contributed by atoms with E-state index in [4.69, 9.17) is 14.7 Å². The number of likely N-dealkylation sites (tertiary alicyclic amines) is 1. The number of piperazine rings is 1. The number of carbonyl (C=O) groups is 1. The van der Waals surface area contributed by atoms with E-state index in [0.717, 1.165) is 36.6 Å². The Labute approximate surface area is 224 Å². The predicted octanol–water partition coefficient (Wildman–Crippen LogP) is 3.16. The fourth-order valence-corrected chi connectivity index (χ4v) is 5.88. The number of aryl methyl sites for hydroxylation is 1. The molecule has 2 saturated heterocycles. The SMILES string of the molecule is Cc1cccc(CN2Cc3nc(OCC4CCCN4C)nc(N4CCN(C(=O)O)C(CC#N)C4)c3C2)c1C. The van der Waals surface area contributed by atoms with E-state index < -0.39 is 12.1 Å². The van der Waals surface area contributed by atoms with Gasteiger partial charge in [-0.3, -0.25) is 4.90 Å². The van der Waals surface area contributed by atoms with Crippen LogP contribution in [0.2, 0.25) is 0 Å². The quantitative estimate of drug-likeness (QED) is 0.590. The Kier molecular flexibility index (Phi) is 7.68. The molecule has 3 aliphatic rings. The number of carboxylic acid groups (broad SMARTS) is 1. The van der Waals surface area contributed by atoms with Gasteiger partial charge in [0.25, 0.3) is 0 Å². The molecule has 2 unspecified atom stereocenters. The minimum Gasteiger partial charge on any atom is -0.465 e. The standard InChI is InChI=1S/C28H37N7O3/c1-19-6-4-7-21(20(19)2)14-33-16-24-25(17-33)30-27(38-18-23-8-5-11-32(23)3)31-26(24)34-12-13-35(28(36)37)22(15-34)9-10-29/h4,6-7,22-23H,5,8-9,11-18H2,1-3H3,(H,36,37). The Hall–Kier alpha value is -3.42. The average Bonchev–Trinajstić information content (AvgIpc) is 3.50. The van der Waals surface area contributed by atoms with Crippen molar-refractivity contribution < 1.29 is 14.6 Å².